The number of rotatable bonds is 2. The van der Waals surface area contributed by atoms with Gasteiger partial charge in [0.2, 0.25) is 0 Å². The zero-order chi connectivity index (χ0) is 7.40. The van der Waals surface area contributed by atoms with Crippen molar-refractivity contribution in [2.75, 3.05) is 13.1 Å². The lowest BCUT2D eigenvalue weighted by molar-refractivity contribution is 0.189. The quantitative estimate of drug-likeness (QED) is 0.567. The molecule has 1 heteroatoms. The standard InChI is InChI=1S/C9H18N/c1-3-9(2)10-7-5-4-6-8-10/h4,9H,3,5-8H2,1-2H3. The first-order valence-electron chi connectivity index (χ1n) is 4.40. The van der Waals surface area contributed by atoms with Gasteiger partial charge in [0.1, 0.15) is 0 Å². The van der Waals surface area contributed by atoms with Crippen LogP contribution in [0.5, 0.6) is 0 Å². The SMILES string of the molecule is CCC(C)N1CC[CH]CC1. The molecule has 0 N–H and O–H groups in total. The maximum absolute atomic E-state index is 2.58. The molecule has 1 unspecified atom stereocenters. The predicted molar refractivity (Wildman–Crippen MR) is 44.9 cm³/mol. The molecule has 1 atom stereocenters. The van der Waals surface area contributed by atoms with Crippen molar-refractivity contribution in [3.8, 4) is 0 Å². The predicted octanol–water partition coefficient (Wildman–Crippen LogP) is 2.08. The zero-order valence-electron chi connectivity index (χ0n) is 7.14. The van der Waals surface area contributed by atoms with Gasteiger partial charge in [0.05, 0.1) is 0 Å². The summed E-state index contributed by atoms with van der Waals surface area (Å²) in [5, 5.41) is 0. The highest BCUT2D eigenvalue weighted by Crippen LogP contribution is 2.12. The topological polar surface area (TPSA) is 3.24 Å². The van der Waals surface area contributed by atoms with E-state index in [0.717, 1.165) is 6.04 Å². The maximum Gasteiger partial charge on any atom is 0.00643 e. The third kappa shape index (κ3) is 1.98. The van der Waals surface area contributed by atoms with Crippen LogP contribution in [0.4, 0.5) is 0 Å². The van der Waals surface area contributed by atoms with Crippen LogP contribution < -0.4 is 0 Å². The number of nitrogens with zero attached hydrogens (tertiary/aromatic N) is 1. The second-order valence-electron chi connectivity index (χ2n) is 3.16. The molecule has 1 heterocycles. The fourth-order valence-corrected chi connectivity index (χ4v) is 1.47. The van der Waals surface area contributed by atoms with Gasteiger partial charge in [0.25, 0.3) is 0 Å². The summed E-state index contributed by atoms with van der Waals surface area (Å²) in [7, 11) is 0. The normalized spacial score (nSPS) is 24.6. The van der Waals surface area contributed by atoms with Gasteiger partial charge in [-0.1, -0.05) is 6.92 Å². The van der Waals surface area contributed by atoms with Crippen LogP contribution in [0.15, 0.2) is 0 Å². The fraction of sp³-hybridized carbons (Fsp3) is 0.889. The maximum atomic E-state index is 2.58. The van der Waals surface area contributed by atoms with Gasteiger partial charge in [0, 0.05) is 6.04 Å². The Balaban J connectivity index is 2.24. The highest BCUT2D eigenvalue weighted by atomic mass is 15.1. The van der Waals surface area contributed by atoms with Gasteiger partial charge in [-0.2, -0.15) is 0 Å². The van der Waals surface area contributed by atoms with Gasteiger partial charge < -0.3 is 4.90 Å². The van der Waals surface area contributed by atoms with Gasteiger partial charge in [0.15, 0.2) is 0 Å². The van der Waals surface area contributed by atoms with E-state index in [0.29, 0.717) is 0 Å². The molecule has 59 valence electrons. The molecule has 0 aromatic heterocycles. The van der Waals surface area contributed by atoms with Gasteiger partial charge in [-0.05, 0) is 45.7 Å². The molecule has 1 saturated heterocycles. The molecular formula is C9H18N. The van der Waals surface area contributed by atoms with Crippen LogP contribution >= 0.6 is 0 Å². The molecule has 1 nitrogen and oxygen atoms in total. The van der Waals surface area contributed by atoms with Gasteiger partial charge in [-0.3, -0.25) is 0 Å². The molecule has 1 aliphatic heterocycles. The van der Waals surface area contributed by atoms with E-state index in [1.54, 1.807) is 0 Å². The minimum atomic E-state index is 0.800. The summed E-state index contributed by atoms with van der Waals surface area (Å²) in [6, 6.07) is 0.800. The summed E-state index contributed by atoms with van der Waals surface area (Å²) in [5.74, 6) is 0. The summed E-state index contributed by atoms with van der Waals surface area (Å²) in [6.45, 7) is 7.17. The number of hydrogen-bond donors (Lipinski definition) is 0. The Kier molecular flexibility index (Phi) is 3.20. The minimum absolute atomic E-state index is 0.800. The molecule has 1 rings (SSSR count). The van der Waals surface area contributed by atoms with E-state index in [1.165, 1.54) is 32.4 Å². The first-order chi connectivity index (χ1) is 4.84. The fourth-order valence-electron chi connectivity index (χ4n) is 1.47. The molecular weight excluding hydrogens is 122 g/mol. The number of likely N-dealkylation sites (tertiary alicyclic amines) is 1. The lowest BCUT2D eigenvalue weighted by atomic mass is 10.1. The largest absolute Gasteiger partial charge is 0.301 e. The molecule has 10 heavy (non-hydrogen) atoms. The average molecular weight is 140 g/mol. The van der Waals surface area contributed by atoms with E-state index in [9.17, 15) is 0 Å². The van der Waals surface area contributed by atoms with Crippen LogP contribution in [0.25, 0.3) is 0 Å². The molecule has 1 aliphatic rings. The van der Waals surface area contributed by atoms with E-state index >= 15 is 0 Å². The summed E-state index contributed by atoms with van der Waals surface area (Å²) < 4.78 is 0. The first-order valence-corrected chi connectivity index (χ1v) is 4.40. The third-order valence-electron chi connectivity index (χ3n) is 2.46. The molecule has 0 amide bonds. The molecule has 0 aromatic rings. The van der Waals surface area contributed by atoms with Crippen LogP contribution in [0.2, 0.25) is 0 Å². The number of piperidine rings is 1. The van der Waals surface area contributed by atoms with E-state index in [2.05, 4.69) is 25.2 Å². The second kappa shape index (κ2) is 3.97. The van der Waals surface area contributed by atoms with Crippen molar-refractivity contribution >= 4 is 0 Å². The summed E-state index contributed by atoms with van der Waals surface area (Å²) in [5.41, 5.74) is 0. The smallest absolute Gasteiger partial charge is 0.00643 e. The third-order valence-corrected chi connectivity index (χ3v) is 2.46. The van der Waals surface area contributed by atoms with Gasteiger partial charge in [-0.15, -0.1) is 0 Å². The average Bonchev–Trinajstić information content (AvgIpc) is 2.05. The van der Waals surface area contributed by atoms with Crippen molar-refractivity contribution in [1.82, 2.24) is 4.90 Å². The molecule has 1 fully saturated rings. The van der Waals surface area contributed by atoms with E-state index < -0.39 is 0 Å². The highest BCUT2D eigenvalue weighted by Gasteiger charge is 2.14. The minimum Gasteiger partial charge on any atom is -0.301 e. The van der Waals surface area contributed by atoms with Crippen LogP contribution in [-0.2, 0) is 0 Å². The Hall–Kier alpha value is -0.0400. The van der Waals surface area contributed by atoms with Crippen molar-refractivity contribution in [2.24, 2.45) is 0 Å². The zero-order valence-corrected chi connectivity index (χ0v) is 7.14. The molecule has 0 aromatic carbocycles. The lowest BCUT2D eigenvalue weighted by Crippen LogP contribution is -2.37. The molecule has 1 radical (unpaired) electrons. The Morgan fingerprint density at radius 2 is 2.00 bits per heavy atom. The molecule has 0 aliphatic carbocycles. The van der Waals surface area contributed by atoms with E-state index in [-0.39, 0.29) is 0 Å². The van der Waals surface area contributed by atoms with Crippen molar-refractivity contribution < 1.29 is 0 Å². The van der Waals surface area contributed by atoms with Crippen LogP contribution in [-0.4, -0.2) is 24.0 Å². The molecule has 0 spiro atoms. The van der Waals surface area contributed by atoms with Crippen LogP contribution in [0, 0.1) is 6.42 Å². The monoisotopic (exact) mass is 140 g/mol. The van der Waals surface area contributed by atoms with E-state index in [4.69, 9.17) is 0 Å². The molecule has 0 saturated carbocycles. The van der Waals surface area contributed by atoms with Crippen molar-refractivity contribution in [2.45, 2.75) is 39.2 Å². The Bertz CT molecular complexity index is 84.7. The number of hydrogen-bond acceptors (Lipinski definition) is 1. The summed E-state index contributed by atoms with van der Waals surface area (Å²) >= 11 is 0. The van der Waals surface area contributed by atoms with Crippen LogP contribution in [0.3, 0.4) is 0 Å². The summed E-state index contributed by atoms with van der Waals surface area (Å²) in [4.78, 5) is 2.58. The van der Waals surface area contributed by atoms with Crippen LogP contribution in [0.1, 0.15) is 33.1 Å². The van der Waals surface area contributed by atoms with Crippen molar-refractivity contribution in [3.05, 3.63) is 6.42 Å². The van der Waals surface area contributed by atoms with E-state index in [1.807, 2.05) is 0 Å². The Morgan fingerprint density at radius 3 is 2.50 bits per heavy atom. The summed E-state index contributed by atoms with van der Waals surface area (Å²) in [6.07, 6.45) is 6.29. The highest BCUT2D eigenvalue weighted by molar-refractivity contribution is 4.78. The molecule has 0 bridgehead atoms. The Morgan fingerprint density at radius 1 is 1.40 bits per heavy atom. The second-order valence-corrected chi connectivity index (χ2v) is 3.16. The Labute approximate surface area is 64.4 Å². The van der Waals surface area contributed by atoms with Gasteiger partial charge >= 0.3 is 0 Å². The van der Waals surface area contributed by atoms with Crippen molar-refractivity contribution in [3.63, 3.8) is 0 Å². The lowest BCUT2D eigenvalue weighted by Gasteiger charge is -2.31. The van der Waals surface area contributed by atoms with Crippen molar-refractivity contribution in [1.29, 1.82) is 0 Å². The van der Waals surface area contributed by atoms with Gasteiger partial charge in [-0.25, -0.2) is 0 Å². The first kappa shape index (κ1) is 8.06.